The van der Waals surface area contributed by atoms with Crippen molar-refractivity contribution in [1.29, 1.82) is 0 Å². The molecule has 1 aromatic carbocycles. The SMILES string of the molecule is COc1cccc(OC)c1-n1c(NSC(C)Cc2cncnc2)nnc1-c1ccco1. The highest BCUT2D eigenvalue weighted by Gasteiger charge is 2.24. The van der Waals surface area contributed by atoms with E-state index in [9.17, 15) is 0 Å². The summed E-state index contributed by atoms with van der Waals surface area (Å²) in [5.74, 6) is 2.87. The Balaban J connectivity index is 1.68. The van der Waals surface area contributed by atoms with Gasteiger partial charge >= 0.3 is 0 Å². The minimum atomic E-state index is 0.225. The van der Waals surface area contributed by atoms with Gasteiger partial charge in [-0.2, -0.15) is 0 Å². The predicted molar refractivity (Wildman–Crippen MR) is 119 cm³/mol. The molecule has 0 fully saturated rings. The van der Waals surface area contributed by atoms with Crippen molar-refractivity contribution in [2.75, 3.05) is 18.9 Å². The van der Waals surface area contributed by atoms with Crippen LogP contribution in [0.2, 0.25) is 0 Å². The maximum absolute atomic E-state index is 5.61. The third-order valence-corrected chi connectivity index (χ3v) is 5.39. The summed E-state index contributed by atoms with van der Waals surface area (Å²) in [7, 11) is 3.22. The Labute approximate surface area is 184 Å². The summed E-state index contributed by atoms with van der Waals surface area (Å²) >= 11 is 1.53. The van der Waals surface area contributed by atoms with Crippen molar-refractivity contribution in [3.8, 4) is 28.8 Å². The van der Waals surface area contributed by atoms with Crippen molar-refractivity contribution in [3.05, 3.63) is 60.9 Å². The van der Waals surface area contributed by atoms with Crippen LogP contribution in [-0.2, 0) is 6.42 Å². The average Bonchev–Trinajstić information content (AvgIpc) is 3.47. The first-order valence-electron chi connectivity index (χ1n) is 9.57. The predicted octanol–water partition coefficient (Wildman–Crippen LogP) is 4.03. The number of methoxy groups -OCH3 is 2. The number of para-hydroxylation sites is 1. The number of aromatic nitrogens is 5. The summed E-state index contributed by atoms with van der Waals surface area (Å²) in [5, 5.41) is 8.95. The van der Waals surface area contributed by atoms with Crippen molar-refractivity contribution in [2.45, 2.75) is 18.6 Å². The van der Waals surface area contributed by atoms with Crippen LogP contribution in [0.25, 0.3) is 17.3 Å². The summed E-state index contributed by atoms with van der Waals surface area (Å²) < 4.78 is 22.0. The Morgan fingerprint density at radius 1 is 1.06 bits per heavy atom. The smallest absolute Gasteiger partial charge is 0.239 e. The van der Waals surface area contributed by atoms with Gasteiger partial charge in [-0.15, -0.1) is 10.2 Å². The number of hydrogen-bond donors (Lipinski definition) is 1. The molecular weight excluding hydrogens is 416 g/mol. The average molecular weight is 439 g/mol. The molecule has 0 aliphatic carbocycles. The molecule has 0 aliphatic rings. The number of nitrogens with one attached hydrogen (secondary N) is 1. The molecule has 4 rings (SSSR count). The molecule has 0 saturated carbocycles. The van der Waals surface area contributed by atoms with Gasteiger partial charge in [0.15, 0.2) is 5.76 Å². The standard InChI is InChI=1S/C21H22N6O3S/c1-14(10-15-11-22-13-23-12-15)31-26-21-25-24-20(18-8-5-9-30-18)27(21)19-16(28-2)6-4-7-17(19)29-3/h4-9,11-14H,10H2,1-3H3,(H,25,26). The molecule has 0 aliphatic heterocycles. The fraction of sp³-hybridized carbons (Fsp3) is 0.238. The molecule has 31 heavy (non-hydrogen) atoms. The monoisotopic (exact) mass is 438 g/mol. The van der Waals surface area contributed by atoms with E-state index in [1.807, 2.05) is 41.2 Å². The molecule has 160 valence electrons. The Morgan fingerprint density at radius 3 is 2.45 bits per heavy atom. The van der Waals surface area contributed by atoms with Crippen molar-refractivity contribution < 1.29 is 13.9 Å². The lowest BCUT2D eigenvalue weighted by Gasteiger charge is -2.18. The topological polar surface area (TPSA) is 100 Å². The van der Waals surface area contributed by atoms with Gasteiger partial charge in [0, 0.05) is 17.6 Å². The Kier molecular flexibility index (Phi) is 6.37. The van der Waals surface area contributed by atoms with E-state index in [1.165, 1.54) is 18.3 Å². The highest BCUT2D eigenvalue weighted by atomic mass is 32.2. The van der Waals surface area contributed by atoms with Crippen LogP contribution in [0.1, 0.15) is 12.5 Å². The van der Waals surface area contributed by atoms with Crippen LogP contribution >= 0.6 is 11.9 Å². The van der Waals surface area contributed by atoms with Crippen LogP contribution in [0, 0.1) is 0 Å². The molecule has 1 N–H and O–H groups in total. The zero-order chi connectivity index (χ0) is 21.6. The summed E-state index contributed by atoms with van der Waals surface area (Å²) in [6.45, 7) is 2.11. The fourth-order valence-corrected chi connectivity index (χ4v) is 3.86. The summed E-state index contributed by atoms with van der Waals surface area (Å²) in [6, 6.07) is 9.22. The van der Waals surface area contributed by atoms with Crippen LogP contribution in [0.3, 0.4) is 0 Å². The van der Waals surface area contributed by atoms with Gasteiger partial charge in [-0.05, 0) is 48.2 Å². The quantitative estimate of drug-likeness (QED) is 0.388. The van der Waals surface area contributed by atoms with Crippen molar-refractivity contribution in [3.63, 3.8) is 0 Å². The molecule has 0 radical (unpaired) electrons. The molecule has 0 amide bonds. The van der Waals surface area contributed by atoms with Crippen molar-refractivity contribution >= 4 is 17.9 Å². The van der Waals surface area contributed by atoms with Crippen molar-refractivity contribution in [2.24, 2.45) is 0 Å². The summed E-state index contributed by atoms with van der Waals surface area (Å²) in [5.41, 5.74) is 1.74. The maximum atomic E-state index is 5.61. The van der Waals surface area contributed by atoms with E-state index in [4.69, 9.17) is 13.9 Å². The molecule has 1 atom stereocenters. The minimum absolute atomic E-state index is 0.225. The third-order valence-electron chi connectivity index (χ3n) is 4.52. The van der Waals surface area contributed by atoms with Crippen LogP contribution in [0.15, 0.2) is 59.7 Å². The lowest BCUT2D eigenvalue weighted by molar-refractivity contribution is 0.391. The number of hydrogen-bond acceptors (Lipinski definition) is 9. The number of rotatable bonds is 9. The van der Waals surface area contributed by atoms with E-state index >= 15 is 0 Å². The Morgan fingerprint density at radius 2 is 1.81 bits per heavy atom. The molecule has 3 heterocycles. The van der Waals surface area contributed by atoms with Crippen LogP contribution in [-0.4, -0.2) is 44.2 Å². The molecule has 1 unspecified atom stereocenters. The number of nitrogens with zero attached hydrogens (tertiary/aromatic N) is 5. The molecule has 4 aromatic rings. The minimum Gasteiger partial charge on any atom is -0.494 e. The van der Waals surface area contributed by atoms with Gasteiger partial charge in [0.2, 0.25) is 11.8 Å². The third kappa shape index (κ3) is 4.48. The van der Waals surface area contributed by atoms with Crippen molar-refractivity contribution in [1.82, 2.24) is 24.7 Å². The second kappa shape index (κ2) is 9.52. The van der Waals surface area contributed by atoms with E-state index in [1.54, 1.807) is 26.5 Å². The lowest BCUT2D eigenvalue weighted by Crippen LogP contribution is -2.10. The molecule has 3 aromatic heterocycles. The molecular formula is C21H22N6O3S. The van der Waals surface area contributed by atoms with Gasteiger partial charge in [-0.1, -0.05) is 13.0 Å². The second-order valence-corrected chi connectivity index (χ2v) is 7.90. The van der Waals surface area contributed by atoms with Gasteiger partial charge in [0.1, 0.15) is 23.5 Å². The first kappa shape index (κ1) is 20.7. The first-order chi connectivity index (χ1) is 15.2. The van der Waals surface area contributed by atoms with Crippen LogP contribution in [0.4, 0.5) is 5.95 Å². The van der Waals surface area contributed by atoms with Gasteiger partial charge in [0.05, 0.1) is 20.5 Å². The van der Waals surface area contributed by atoms with Crippen LogP contribution < -0.4 is 14.2 Å². The zero-order valence-corrected chi connectivity index (χ0v) is 18.2. The van der Waals surface area contributed by atoms with E-state index in [-0.39, 0.29) is 5.25 Å². The van der Waals surface area contributed by atoms with E-state index < -0.39 is 0 Å². The summed E-state index contributed by atoms with van der Waals surface area (Å²) in [6.07, 6.45) is 7.57. The van der Waals surface area contributed by atoms with Gasteiger partial charge in [0.25, 0.3) is 0 Å². The fourth-order valence-electron chi connectivity index (χ4n) is 3.14. The number of benzene rings is 1. The molecule has 0 saturated heterocycles. The number of furan rings is 1. The number of anilines is 1. The molecule has 0 spiro atoms. The number of ether oxygens (including phenoxy) is 2. The molecule has 9 nitrogen and oxygen atoms in total. The van der Waals surface area contributed by atoms with Gasteiger partial charge in [-0.25, -0.2) is 9.97 Å². The first-order valence-corrected chi connectivity index (χ1v) is 10.5. The van der Waals surface area contributed by atoms with Crippen LogP contribution in [0.5, 0.6) is 11.5 Å². The normalized spacial score (nSPS) is 11.8. The zero-order valence-electron chi connectivity index (χ0n) is 17.3. The van der Waals surface area contributed by atoms with Gasteiger partial charge in [-0.3, -0.25) is 9.29 Å². The van der Waals surface area contributed by atoms with Gasteiger partial charge < -0.3 is 13.9 Å². The Hall–Kier alpha value is -3.53. The second-order valence-electron chi connectivity index (χ2n) is 6.65. The molecule has 10 heteroatoms. The highest BCUT2D eigenvalue weighted by molar-refractivity contribution is 8.01. The van der Waals surface area contributed by atoms with E-state index in [2.05, 4.69) is 31.8 Å². The Bertz CT molecular complexity index is 1100. The summed E-state index contributed by atoms with van der Waals surface area (Å²) in [4.78, 5) is 8.15. The lowest BCUT2D eigenvalue weighted by atomic mass is 10.2. The maximum Gasteiger partial charge on any atom is 0.239 e. The molecule has 0 bridgehead atoms. The highest BCUT2D eigenvalue weighted by Crippen LogP contribution is 2.38. The largest absolute Gasteiger partial charge is 0.494 e. The van der Waals surface area contributed by atoms with E-state index in [0.717, 1.165) is 12.0 Å². The van der Waals surface area contributed by atoms with E-state index in [0.29, 0.717) is 34.7 Å².